The highest BCUT2D eigenvalue weighted by Gasteiger charge is 2.13. The number of carboxylic acid groups (broad SMARTS) is 1. The minimum Gasteiger partial charge on any atom is -0.490 e. The Morgan fingerprint density at radius 1 is 1.31 bits per heavy atom. The summed E-state index contributed by atoms with van der Waals surface area (Å²) in [5.41, 5.74) is 4.16. The lowest BCUT2D eigenvalue weighted by Crippen LogP contribution is -2.11. The van der Waals surface area contributed by atoms with Crippen LogP contribution in [0, 0.1) is 3.57 Å². The standard InChI is InChI=1S/C18H20IN3O6S/c1-3-26-14-6-11(5-13(19)17(14)28-9-15(23)24)8-20-22-18-21-12(10-29-18)7-16(25)27-4-2/h5-6,8,10H,3-4,7,9H2,1-2H3,(H,21,22)(H,23,24). The molecule has 0 spiro atoms. The molecule has 29 heavy (non-hydrogen) atoms. The lowest BCUT2D eigenvalue weighted by molar-refractivity contribution is -0.142. The number of hydrogen-bond donors (Lipinski definition) is 2. The Morgan fingerprint density at radius 2 is 2.10 bits per heavy atom. The second kappa shape index (κ2) is 11.6. The van der Waals surface area contributed by atoms with E-state index in [9.17, 15) is 9.59 Å². The number of rotatable bonds is 11. The molecular formula is C18H20IN3O6S. The molecule has 0 radical (unpaired) electrons. The molecule has 0 aliphatic carbocycles. The fourth-order valence-corrected chi connectivity index (χ4v) is 3.60. The van der Waals surface area contributed by atoms with Gasteiger partial charge in [0.25, 0.3) is 0 Å². The van der Waals surface area contributed by atoms with Crippen LogP contribution in [0.15, 0.2) is 22.6 Å². The fraction of sp³-hybridized carbons (Fsp3) is 0.333. The molecule has 156 valence electrons. The third kappa shape index (κ3) is 7.49. The molecule has 0 saturated heterocycles. The third-order valence-corrected chi connectivity index (χ3v) is 4.83. The number of carbonyl (C=O) groups is 2. The summed E-state index contributed by atoms with van der Waals surface area (Å²) in [6.07, 6.45) is 1.70. The first-order valence-electron chi connectivity index (χ1n) is 8.63. The number of carbonyl (C=O) groups excluding carboxylic acids is 1. The number of thiazole rings is 1. The summed E-state index contributed by atoms with van der Waals surface area (Å²) in [5, 5.41) is 15.3. The van der Waals surface area contributed by atoms with E-state index < -0.39 is 12.6 Å². The largest absolute Gasteiger partial charge is 0.490 e. The molecule has 0 amide bonds. The summed E-state index contributed by atoms with van der Waals surface area (Å²) in [7, 11) is 0. The van der Waals surface area contributed by atoms with Crippen LogP contribution in [-0.4, -0.2) is 48.1 Å². The van der Waals surface area contributed by atoms with Gasteiger partial charge in [0, 0.05) is 5.38 Å². The van der Waals surface area contributed by atoms with Crippen LogP contribution in [0.5, 0.6) is 11.5 Å². The van der Waals surface area contributed by atoms with E-state index in [1.807, 2.05) is 29.5 Å². The molecule has 2 rings (SSSR count). The topological polar surface area (TPSA) is 119 Å². The molecule has 0 bridgehead atoms. The minimum absolute atomic E-state index is 0.115. The van der Waals surface area contributed by atoms with Crippen LogP contribution in [0.4, 0.5) is 5.13 Å². The highest BCUT2D eigenvalue weighted by molar-refractivity contribution is 14.1. The van der Waals surface area contributed by atoms with E-state index in [1.165, 1.54) is 11.3 Å². The van der Waals surface area contributed by atoms with E-state index in [2.05, 4.69) is 15.5 Å². The van der Waals surface area contributed by atoms with Crippen molar-refractivity contribution in [1.29, 1.82) is 0 Å². The molecule has 0 aliphatic heterocycles. The normalized spacial score (nSPS) is 10.7. The lowest BCUT2D eigenvalue weighted by atomic mass is 10.2. The highest BCUT2D eigenvalue weighted by Crippen LogP contribution is 2.34. The van der Waals surface area contributed by atoms with Gasteiger partial charge < -0.3 is 19.3 Å². The van der Waals surface area contributed by atoms with Gasteiger partial charge in [-0.15, -0.1) is 11.3 Å². The number of ether oxygens (including phenoxy) is 3. The number of nitrogens with zero attached hydrogens (tertiary/aromatic N) is 2. The average Bonchev–Trinajstić information content (AvgIpc) is 3.08. The quantitative estimate of drug-likeness (QED) is 0.196. The maximum absolute atomic E-state index is 11.5. The predicted molar refractivity (Wildman–Crippen MR) is 117 cm³/mol. The number of nitrogens with one attached hydrogen (secondary N) is 1. The van der Waals surface area contributed by atoms with Gasteiger partial charge in [-0.25, -0.2) is 9.78 Å². The van der Waals surface area contributed by atoms with Crippen molar-refractivity contribution in [2.75, 3.05) is 25.2 Å². The van der Waals surface area contributed by atoms with Crippen LogP contribution >= 0.6 is 33.9 Å². The van der Waals surface area contributed by atoms with Crippen molar-refractivity contribution in [3.63, 3.8) is 0 Å². The molecular weight excluding hydrogens is 513 g/mol. The average molecular weight is 533 g/mol. The summed E-state index contributed by atoms with van der Waals surface area (Å²) >= 11 is 3.37. The molecule has 1 aromatic heterocycles. The molecule has 0 atom stereocenters. The third-order valence-electron chi connectivity index (χ3n) is 3.23. The zero-order valence-corrected chi connectivity index (χ0v) is 18.8. The first-order chi connectivity index (χ1) is 13.9. The van der Waals surface area contributed by atoms with Gasteiger partial charge in [0.15, 0.2) is 18.1 Å². The van der Waals surface area contributed by atoms with E-state index >= 15 is 0 Å². The van der Waals surface area contributed by atoms with Gasteiger partial charge in [0.2, 0.25) is 5.13 Å². The SMILES string of the molecule is CCOC(=O)Cc1csc(NN=Cc2cc(I)c(OCC(=O)O)c(OCC)c2)n1. The number of hydrazone groups is 1. The van der Waals surface area contributed by atoms with Crippen molar-refractivity contribution < 1.29 is 28.9 Å². The predicted octanol–water partition coefficient (Wildman–Crippen LogP) is 3.16. The summed E-state index contributed by atoms with van der Waals surface area (Å²) in [6.45, 7) is 3.86. The van der Waals surface area contributed by atoms with Crippen LogP contribution in [0.3, 0.4) is 0 Å². The van der Waals surface area contributed by atoms with Crippen LogP contribution in [-0.2, 0) is 20.7 Å². The van der Waals surface area contributed by atoms with E-state index in [0.29, 0.717) is 39.1 Å². The van der Waals surface area contributed by atoms with Crippen LogP contribution in [0.25, 0.3) is 0 Å². The van der Waals surface area contributed by atoms with Crippen molar-refractivity contribution in [3.8, 4) is 11.5 Å². The first kappa shape index (κ1) is 22.9. The van der Waals surface area contributed by atoms with E-state index in [0.717, 1.165) is 5.56 Å². The van der Waals surface area contributed by atoms with Crippen molar-refractivity contribution >= 4 is 57.2 Å². The molecule has 0 aliphatic rings. The summed E-state index contributed by atoms with van der Waals surface area (Å²) in [4.78, 5) is 26.5. The number of aliphatic carboxylic acids is 1. The van der Waals surface area contributed by atoms with Crippen LogP contribution in [0.1, 0.15) is 25.1 Å². The summed E-state index contributed by atoms with van der Waals surface area (Å²) in [5.74, 6) is -0.573. The number of esters is 1. The number of anilines is 1. The maximum Gasteiger partial charge on any atom is 0.341 e. The molecule has 0 unspecified atom stereocenters. The molecule has 11 heteroatoms. The van der Waals surface area contributed by atoms with Crippen LogP contribution in [0.2, 0.25) is 0 Å². The van der Waals surface area contributed by atoms with Crippen molar-refractivity contribution in [2.24, 2.45) is 5.10 Å². The summed E-state index contributed by atoms with van der Waals surface area (Å²) in [6, 6.07) is 3.50. The van der Waals surface area contributed by atoms with Gasteiger partial charge >= 0.3 is 11.9 Å². The van der Waals surface area contributed by atoms with Gasteiger partial charge in [0.1, 0.15) is 0 Å². The molecule has 1 aromatic carbocycles. The van der Waals surface area contributed by atoms with Crippen molar-refractivity contribution in [1.82, 2.24) is 4.98 Å². The molecule has 0 fully saturated rings. The Bertz CT molecular complexity index is 886. The van der Waals surface area contributed by atoms with E-state index in [4.69, 9.17) is 19.3 Å². The van der Waals surface area contributed by atoms with Gasteiger partial charge in [-0.05, 0) is 54.1 Å². The fourth-order valence-electron chi connectivity index (χ4n) is 2.16. The highest BCUT2D eigenvalue weighted by atomic mass is 127. The van der Waals surface area contributed by atoms with Gasteiger partial charge in [-0.1, -0.05) is 0 Å². The zero-order chi connectivity index (χ0) is 21.2. The van der Waals surface area contributed by atoms with Gasteiger partial charge in [-0.2, -0.15) is 5.10 Å². The maximum atomic E-state index is 11.5. The lowest BCUT2D eigenvalue weighted by Gasteiger charge is -2.13. The molecule has 2 N–H and O–H groups in total. The molecule has 2 aromatic rings. The van der Waals surface area contributed by atoms with Crippen molar-refractivity contribution in [3.05, 3.63) is 32.3 Å². The Kier molecular flexibility index (Phi) is 9.12. The van der Waals surface area contributed by atoms with Gasteiger partial charge in [-0.3, -0.25) is 10.2 Å². The Balaban J connectivity index is 2.05. The molecule has 9 nitrogen and oxygen atoms in total. The van der Waals surface area contributed by atoms with Gasteiger partial charge in [0.05, 0.1) is 35.1 Å². The second-order valence-corrected chi connectivity index (χ2v) is 7.46. The smallest absolute Gasteiger partial charge is 0.341 e. The Hall–Kier alpha value is -2.41. The number of halogens is 1. The number of hydrogen-bond acceptors (Lipinski definition) is 9. The monoisotopic (exact) mass is 533 g/mol. The Morgan fingerprint density at radius 3 is 2.79 bits per heavy atom. The van der Waals surface area contributed by atoms with Crippen molar-refractivity contribution in [2.45, 2.75) is 20.3 Å². The zero-order valence-electron chi connectivity index (χ0n) is 15.8. The van der Waals surface area contributed by atoms with E-state index in [1.54, 1.807) is 30.7 Å². The minimum atomic E-state index is -1.07. The number of carboxylic acids is 1. The summed E-state index contributed by atoms with van der Waals surface area (Å²) < 4.78 is 16.5. The first-order valence-corrected chi connectivity index (χ1v) is 10.6. The molecule has 0 saturated carbocycles. The number of aromatic nitrogens is 1. The molecule has 1 heterocycles. The second-order valence-electron chi connectivity index (χ2n) is 5.44. The Labute approximate surface area is 185 Å². The van der Waals surface area contributed by atoms with Crippen LogP contribution < -0.4 is 14.9 Å². The number of benzene rings is 1. The van der Waals surface area contributed by atoms with E-state index in [-0.39, 0.29) is 12.4 Å².